The number of nitrogens with one attached hydrogen (secondary N) is 1. The van der Waals surface area contributed by atoms with Crippen molar-refractivity contribution in [3.05, 3.63) is 70.0 Å². The molecule has 2 aliphatic heterocycles. The van der Waals surface area contributed by atoms with E-state index in [0.29, 0.717) is 45.1 Å². The summed E-state index contributed by atoms with van der Waals surface area (Å²) in [5.74, 6) is 0.449. The Morgan fingerprint density at radius 1 is 1.09 bits per heavy atom. The van der Waals surface area contributed by atoms with Crippen LogP contribution in [0.25, 0.3) is 11.0 Å². The van der Waals surface area contributed by atoms with Gasteiger partial charge in [0.25, 0.3) is 5.56 Å². The fraction of sp³-hybridized carbons (Fsp3) is 0.423. The van der Waals surface area contributed by atoms with E-state index in [0.717, 1.165) is 36.0 Å². The predicted octanol–water partition coefficient (Wildman–Crippen LogP) is 2.76. The highest BCUT2D eigenvalue weighted by Gasteiger charge is 2.25. The lowest BCUT2D eigenvalue weighted by Crippen LogP contribution is -2.53. The molecule has 2 fully saturated rings. The highest BCUT2D eigenvalue weighted by Crippen LogP contribution is 2.18. The number of nitrogens with zero attached hydrogens (tertiary/aromatic N) is 4. The number of ether oxygens (including phenoxy) is 1. The van der Waals surface area contributed by atoms with Crippen molar-refractivity contribution in [3.63, 3.8) is 0 Å². The Hall–Kier alpha value is -3.39. The Bertz CT molecular complexity index is 1210. The van der Waals surface area contributed by atoms with Crippen molar-refractivity contribution >= 4 is 22.9 Å². The van der Waals surface area contributed by atoms with E-state index in [1.807, 2.05) is 33.7 Å². The molecule has 0 radical (unpaired) electrons. The molecule has 8 nitrogen and oxygen atoms in total. The maximum Gasteiger partial charge on any atom is 0.317 e. The topological polar surface area (TPSA) is 79.7 Å². The molecule has 1 aromatic heterocycles. The molecule has 0 spiro atoms. The smallest absolute Gasteiger partial charge is 0.317 e. The Balaban J connectivity index is 1.32. The molecule has 3 aromatic rings. The number of rotatable bonds is 5. The normalized spacial score (nSPS) is 18.4. The third kappa shape index (κ3) is 4.77. The van der Waals surface area contributed by atoms with Crippen LogP contribution < -0.4 is 15.8 Å². The summed E-state index contributed by atoms with van der Waals surface area (Å²) in [6, 6.07) is 15.9. The summed E-state index contributed by atoms with van der Waals surface area (Å²) in [5, 5.41) is 2.99. The van der Waals surface area contributed by atoms with E-state index < -0.39 is 0 Å². The van der Waals surface area contributed by atoms with Crippen molar-refractivity contribution in [2.45, 2.75) is 32.4 Å². The van der Waals surface area contributed by atoms with E-state index in [1.54, 1.807) is 4.90 Å². The minimum Gasteiger partial charge on any atom is -0.376 e. The molecule has 2 aliphatic rings. The second-order valence-electron chi connectivity index (χ2n) is 9.10. The Kier molecular flexibility index (Phi) is 6.49. The zero-order valence-corrected chi connectivity index (χ0v) is 19.6. The number of aromatic nitrogens is 2. The number of piperazine rings is 1. The van der Waals surface area contributed by atoms with Gasteiger partial charge >= 0.3 is 6.03 Å². The molecular weight excluding hydrogens is 430 g/mol. The van der Waals surface area contributed by atoms with E-state index in [1.165, 1.54) is 5.56 Å². The summed E-state index contributed by atoms with van der Waals surface area (Å²) >= 11 is 0. The van der Waals surface area contributed by atoms with Crippen LogP contribution in [0.15, 0.2) is 53.3 Å². The van der Waals surface area contributed by atoms with Gasteiger partial charge in [0, 0.05) is 39.3 Å². The van der Waals surface area contributed by atoms with Gasteiger partial charge in [0.05, 0.1) is 23.7 Å². The highest BCUT2D eigenvalue weighted by atomic mass is 16.5. The lowest BCUT2D eigenvalue weighted by atomic mass is 10.1. The number of hydrogen-bond acceptors (Lipinski definition) is 5. The van der Waals surface area contributed by atoms with Crippen molar-refractivity contribution in [2.24, 2.45) is 0 Å². The van der Waals surface area contributed by atoms with Crippen LogP contribution >= 0.6 is 0 Å². The van der Waals surface area contributed by atoms with E-state index >= 15 is 0 Å². The molecule has 1 atom stereocenters. The fourth-order valence-electron chi connectivity index (χ4n) is 4.66. The van der Waals surface area contributed by atoms with Crippen LogP contribution in [0.5, 0.6) is 0 Å². The van der Waals surface area contributed by atoms with Crippen molar-refractivity contribution < 1.29 is 9.53 Å². The first-order valence-corrected chi connectivity index (χ1v) is 12.0. The lowest BCUT2D eigenvalue weighted by Gasteiger charge is -2.35. The number of carbonyl (C=O) groups excluding carboxylic acids is 1. The van der Waals surface area contributed by atoms with Crippen LogP contribution in [0.3, 0.4) is 0 Å². The van der Waals surface area contributed by atoms with Crippen molar-refractivity contribution in [2.75, 3.05) is 44.2 Å². The molecule has 0 unspecified atom stereocenters. The minimum atomic E-state index is -0.101. The number of benzene rings is 2. The summed E-state index contributed by atoms with van der Waals surface area (Å²) in [6.07, 6.45) is 2.18. The fourth-order valence-corrected chi connectivity index (χ4v) is 4.66. The standard InChI is InChI=1S/C26H31N5O3/c1-19-8-10-20(11-9-19)18-31-23-7-3-2-6-22(23)28-24(25(31)32)29-12-14-30(15-13-29)26(33)27-17-21-5-4-16-34-21/h2-3,6-11,21H,4-5,12-18H2,1H3,(H,27,33)/t21-/m0/s1. The van der Waals surface area contributed by atoms with Gasteiger partial charge in [-0.25, -0.2) is 9.78 Å². The molecule has 2 saturated heterocycles. The van der Waals surface area contributed by atoms with Crippen LogP contribution in [-0.2, 0) is 11.3 Å². The molecule has 2 amide bonds. The van der Waals surface area contributed by atoms with E-state index in [-0.39, 0.29) is 17.7 Å². The van der Waals surface area contributed by atoms with Gasteiger partial charge in [-0.3, -0.25) is 9.36 Å². The maximum atomic E-state index is 13.6. The third-order valence-electron chi connectivity index (χ3n) is 6.67. The minimum absolute atomic E-state index is 0.0709. The molecule has 3 heterocycles. The monoisotopic (exact) mass is 461 g/mol. The summed E-state index contributed by atoms with van der Waals surface area (Å²) in [6.45, 7) is 6.09. The van der Waals surface area contributed by atoms with Gasteiger partial charge in [0.2, 0.25) is 0 Å². The van der Waals surface area contributed by atoms with Gasteiger partial charge in [0.15, 0.2) is 5.82 Å². The number of amides is 2. The SMILES string of the molecule is Cc1ccc(Cn2c(=O)c(N3CCN(C(=O)NC[C@@H]4CCCO4)CC3)nc3ccccc32)cc1. The van der Waals surface area contributed by atoms with Gasteiger partial charge in [-0.05, 0) is 37.5 Å². The summed E-state index contributed by atoms with van der Waals surface area (Å²) in [5.41, 5.74) is 3.78. The van der Waals surface area contributed by atoms with Crippen LogP contribution in [-0.4, -0.2) is 65.9 Å². The molecule has 5 rings (SSSR count). The molecule has 34 heavy (non-hydrogen) atoms. The molecule has 0 saturated carbocycles. The molecular formula is C26H31N5O3. The third-order valence-corrected chi connectivity index (χ3v) is 6.67. The van der Waals surface area contributed by atoms with Crippen molar-refractivity contribution in [1.82, 2.24) is 19.8 Å². The number of para-hydroxylation sites is 2. The highest BCUT2D eigenvalue weighted by molar-refractivity contribution is 5.77. The van der Waals surface area contributed by atoms with Gasteiger partial charge in [-0.2, -0.15) is 0 Å². The zero-order valence-electron chi connectivity index (χ0n) is 19.6. The van der Waals surface area contributed by atoms with Crippen LogP contribution in [0.4, 0.5) is 10.6 Å². The average molecular weight is 462 g/mol. The molecule has 2 aromatic carbocycles. The van der Waals surface area contributed by atoms with Crippen LogP contribution in [0, 0.1) is 6.92 Å². The summed E-state index contributed by atoms with van der Waals surface area (Å²) in [4.78, 5) is 34.7. The summed E-state index contributed by atoms with van der Waals surface area (Å²) < 4.78 is 7.40. The lowest BCUT2D eigenvalue weighted by molar-refractivity contribution is 0.108. The Morgan fingerprint density at radius 2 is 1.85 bits per heavy atom. The first kappa shape index (κ1) is 22.4. The summed E-state index contributed by atoms with van der Waals surface area (Å²) in [7, 11) is 0. The zero-order chi connectivity index (χ0) is 23.5. The average Bonchev–Trinajstić information content (AvgIpc) is 3.39. The molecule has 178 valence electrons. The number of fused-ring (bicyclic) bond motifs is 1. The Morgan fingerprint density at radius 3 is 2.59 bits per heavy atom. The molecule has 8 heteroatoms. The molecule has 1 N–H and O–H groups in total. The predicted molar refractivity (Wildman–Crippen MR) is 132 cm³/mol. The van der Waals surface area contributed by atoms with Crippen molar-refractivity contribution in [3.8, 4) is 0 Å². The Labute approximate surface area is 199 Å². The maximum absolute atomic E-state index is 13.6. The van der Waals surface area contributed by atoms with Gasteiger partial charge in [-0.1, -0.05) is 42.0 Å². The first-order valence-electron chi connectivity index (χ1n) is 12.0. The van der Waals surface area contributed by atoms with Crippen LogP contribution in [0.1, 0.15) is 24.0 Å². The number of hydrogen-bond donors (Lipinski definition) is 1. The number of aryl methyl sites for hydroxylation is 1. The van der Waals surface area contributed by atoms with Crippen LogP contribution in [0.2, 0.25) is 0 Å². The quantitative estimate of drug-likeness (QED) is 0.632. The van der Waals surface area contributed by atoms with E-state index in [2.05, 4.69) is 36.5 Å². The number of urea groups is 1. The molecule has 0 aliphatic carbocycles. The number of anilines is 1. The van der Waals surface area contributed by atoms with Gasteiger partial charge < -0.3 is 19.9 Å². The molecule has 0 bridgehead atoms. The van der Waals surface area contributed by atoms with Crippen molar-refractivity contribution in [1.29, 1.82) is 0 Å². The number of carbonyl (C=O) groups is 1. The second-order valence-corrected chi connectivity index (χ2v) is 9.10. The van der Waals surface area contributed by atoms with Gasteiger partial charge in [0.1, 0.15) is 0 Å². The van der Waals surface area contributed by atoms with Gasteiger partial charge in [-0.15, -0.1) is 0 Å². The van der Waals surface area contributed by atoms with E-state index in [9.17, 15) is 9.59 Å². The second kappa shape index (κ2) is 9.85. The first-order chi connectivity index (χ1) is 16.6. The largest absolute Gasteiger partial charge is 0.376 e. The van der Waals surface area contributed by atoms with E-state index in [4.69, 9.17) is 9.72 Å².